The van der Waals surface area contributed by atoms with Gasteiger partial charge in [-0.3, -0.25) is 4.79 Å². The van der Waals surface area contributed by atoms with Crippen molar-refractivity contribution >= 4 is 35.1 Å². The Kier molecular flexibility index (Phi) is 4.40. The van der Waals surface area contributed by atoms with Gasteiger partial charge >= 0.3 is 5.97 Å². The van der Waals surface area contributed by atoms with Crippen LogP contribution in [0.3, 0.4) is 0 Å². The lowest BCUT2D eigenvalue weighted by Gasteiger charge is -2.29. The molecule has 0 radical (unpaired) electrons. The first-order valence-corrected chi connectivity index (χ1v) is 6.73. The monoisotopic (exact) mass is 317 g/mol. The van der Waals surface area contributed by atoms with Gasteiger partial charge in [-0.2, -0.15) is 0 Å². The summed E-state index contributed by atoms with van der Waals surface area (Å²) in [6.45, 7) is 0. The lowest BCUT2D eigenvalue weighted by Crippen LogP contribution is -2.46. The number of hydrogen-bond acceptors (Lipinski definition) is 3. The number of aliphatic carboxylic acids is 1. The zero-order chi connectivity index (χ0) is 14.9. The Balaban J connectivity index is 2.42. The number of piperidine rings is 1. The molecule has 1 saturated heterocycles. The van der Waals surface area contributed by atoms with Crippen molar-refractivity contribution < 1.29 is 19.4 Å². The molecule has 1 aromatic rings. The Labute approximate surface area is 125 Å². The second-order valence-electron chi connectivity index (χ2n) is 4.57. The van der Waals surface area contributed by atoms with Crippen LogP contribution in [0.1, 0.15) is 24.3 Å². The Bertz CT molecular complexity index is 562. The van der Waals surface area contributed by atoms with E-state index in [-0.39, 0.29) is 24.7 Å². The molecular weight excluding hydrogens is 305 g/mol. The zero-order valence-corrected chi connectivity index (χ0v) is 12.2. The van der Waals surface area contributed by atoms with E-state index in [0.717, 1.165) is 0 Å². The number of halogens is 2. The summed E-state index contributed by atoms with van der Waals surface area (Å²) in [7, 11) is 1.49. The van der Waals surface area contributed by atoms with Crippen LogP contribution in [-0.4, -0.2) is 30.1 Å². The summed E-state index contributed by atoms with van der Waals surface area (Å²) in [5.74, 6) is -1.24. The van der Waals surface area contributed by atoms with Crippen molar-refractivity contribution in [1.29, 1.82) is 0 Å². The quantitative estimate of drug-likeness (QED) is 0.897. The average Bonchev–Trinajstić information content (AvgIpc) is 2.40. The smallest absolute Gasteiger partial charge is 0.326 e. The number of rotatable bonds is 3. The highest BCUT2D eigenvalue weighted by atomic mass is 35.5. The van der Waals surface area contributed by atoms with E-state index >= 15 is 0 Å². The van der Waals surface area contributed by atoms with Gasteiger partial charge in [-0.1, -0.05) is 23.2 Å². The van der Waals surface area contributed by atoms with Gasteiger partial charge in [0.25, 0.3) is 0 Å². The van der Waals surface area contributed by atoms with Crippen LogP contribution in [-0.2, 0) is 9.59 Å². The fourth-order valence-corrected chi connectivity index (χ4v) is 2.87. The molecule has 1 aliphatic heterocycles. The molecule has 5 nitrogen and oxygen atoms in total. The van der Waals surface area contributed by atoms with Crippen LogP contribution >= 0.6 is 23.2 Å². The van der Waals surface area contributed by atoms with Crippen LogP contribution in [0.4, 0.5) is 0 Å². The Morgan fingerprint density at radius 2 is 2.15 bits per heavy atom. The molecule has 108 valence electrons. The second kappa shape index (κ2) is 5.89. The summed E-state index contributed by atoms with van der Waals surface area (Å²) in [6, 6.07) is 2.33. The molecule has 0 spiro atoms. The third kappa shape index (κ3) is 2.83. The number of ether oxygens (including phenoxy) is 1. The predicted molar refractivity (Wildman–Crippen MR) is 74.6 cm³/mol. The average molecular weight is 318 g/mol. The predicted octanol–water partition coefficient (Wildman–Crippen LogP) is 2.45. The molecule has 0 unspecified atom stereocenters. The van der Waals surface area contributed by atoms with Crippen LogP contribution in [0.2, 0.25) is 10.0 Å². The fraction of sp³-hybridized carbons (Fsp3) is 0.385. The minimum atomic E-state index is -1.07. The van der Waals surface area contributed by atoms with Crippen molar-refractivity contribution in [2.24, 2.45) is 0 Å². The van der Waals surface area contributed by atoms with Gasteiger partial charge < -0.3 is 15.2 Å². The van der Waals surface area contributed by atoms with Crippen LogP contribution < -0.4 is 10.1 Å². The lowest BCUT2D eigenvalue weighted by molar-refractivity contribution is -0.143. The Hall–Kier alpha value is -1.46. The third-order valence-corrected chi connectivity index (χ3v) is 4.13. The summed E-state index contributed by atoms with van der Waals surface area (Å²) in [4.78, 5) is 22.7. The van der Waals surface area contributed by atoms with Crippen molar-refractivity contribution in [1.82, 2.24) is 5.32 Å². The first-order chi connectivity index (χ1) is 9.43. The van der Waals surface area contributed by atoms with Gasteiger partial charge in [-0.25, -0.2) is 4.79 Å². The fourth-order valence-electron chi connectivity index (χ4n) is 2.39. The van der Waals surface area contributed by atoms with E-state index < -0.39 is 12.0 Å². The van der Waals surface area contributed by atoms with Crippen molar-refractivity contribution in [3.8, 4) is 5.75 Å². The van der Waals surface area contributed by atoms with Crippen molar-refractivity contribution in [3.63, 3.8) is 0 Å². The first-order valence-electron chi connectivity index (χ1n) is 5.98. The minimum Gasteiger partial charge on any atom is -0.496 e. The maximum Gasteiger partial charge on any atom is 0.326 e. The summed E-state index contributed by atoms with van der Waals surface area (Å²) in [6.07, 6.45) is 0.400. The van der Waals surface area contributed by atoms with Gasteiger partial charge in [0.2, 0.25) is 5.91 Å². The van der Waals surface area contributed by atoms with E-state index in [2.05, 4.69) is 5.32 Å². The van der Waals surface area contributed by atoms with Crippen molar-refractivity contribution in [2.45, 2.75) is 24.8 Å². The second-order valence-corrected chi connectivity index (χ2v) is 5.36. The van der Waals surface area contributed by atoms with Gasteiger partial charge in [-0.05, 0) is 18.6 Å². The van der Waals surface area contributed by atoms with E-state index in [4.69, 9.17) is 33.0 Å². The Morgan fingerprint density at radius 3 is 2.75 bits per heavy atom. The maximum atomic E-state index is 11.7. The first kappa shape index (κ1) is 14.9. The molecule has 0 aromatic heterocycles. The number of nitrogens with one attached hydrogen (secondary N) is 1. The third-order valence-electron chi connectivity index (χ3n) is 3.31. The number of carbonyl (C=O) groups is 2. The number of hydrogen-bond donors (Lipinski definition) is 2. The summed E-state index contributed by atoms with van der Waals surface area (Å²) in [5.41, 5.74) is 0.586. The van der Waals surface area contributed by atoms with E-state index in [1.165, 1.54) is 7.11 Å². The number of carboxylic acids is 1. The van der Waals surface area contributed by atoms with Crippen molar-refractivity contribution in [2.75, 3.05) is 7.11 Å². The molecule has 1 heterocycles. The van der Waals surface area contributed by atoms with Crippen LogP contribution in [0, 0.1) is 0 Å². The molecule has 2 atom stereocenters. The molecule has 20 heavy (non-hydrogen) atoms. The van der Waals surface area contributed by atoms with Crippen LogP contribution in [0.25, 0.3) is 0 Å². The number of methoxy groups -OCH3 is 1. The van der Waals surface area contributed by atoms with Gasteiger partial charge in [0.15, 0.2) is 0 Å². The van der Waals surface area contributed by atoms with Gasteiger partial charge in [0.1, 0.15) is 11.8 Å². The highest BCUT2D eigenvalue weighted by molar-refractivity contribution is 6.42. The SMILES string of the molecule is COc1ccc(Cl)c(Cl)c1[C@H]1CC(=O)N[C@H](C(=O)O)C1. The topological polar surface area (TPSA) is 75.6 Å². The van der Waals surface area contributed by atoms with Crippen LogP contribution in [0.5, 0.6) is 5.75 Å². The molecule has 2 rings (SSSR count). The molecule has 2 N–H and O–H groups in total. The van der Waals surface area contributed by atoms with Crippen molar-refractivity contribution in [3.05, 3.63) is 27.7 Å². The highest BCUT2D eigenvalue weighted by Crippen LogP contribution is 2.42. The van der Waals surface area contributed by atoms with Gasteiger partial charge in [-0.15, -0.1) is 0 Å². The van der Waals surface area contributed by atoms with E-state index in [9.17, 15) is 9.59 Å². The summed E-state index contributed by atoms with van der Waals surface area (Å²) >= 11 is 12.2. The van der Waals surface area contributed by atoms with Crippen LogP contribution in [0.15, 0.2) is 12.1 Å². The van der Waals surface area contributed by atoms with E-state index in [1.54, 1.807) is 12.1 Å². The standard InChI is InChI=1S/C13H13Cl2NO4/c1-20-9-3-2-7(14)12(15)11(9)6-4-8(13(18)19)16-10(17)5-6/h2-3,6,8H,4-5H2,1H3,(H,16,17)(H,18,19)/t6-,8+/m1/s1. The molecular formula is C13H13Cl2NO4. The number of carboxylic acid groups (broad SMARTS) is 1. The molecule has 0 saturated carbocycles. The molecule has 1 aromatic carbocycles. The number of benzene rings is 1. The van der Waals surface area contributed by atoms with E-state index in [1.807, 2.05) is 0 Å². The number of carbonyl (C=O) groups excluding carboxylic acids is 1. The summed E-state index contributed by atoms with van der Waals surface area (Å²) < 4.78 is 5.24. The largest absolute Gasteiger partial charge is 0.496 e. The van der Waals surface area contributed by atoms with Gasteiger partial charge in [0.05, 0.1) is 17.2 Å². The molecule has 1 amide bonds. The normalized spacial score (nSPS) is 22.2. The minimum absolute atomic E-state index is 0.153. The highest BCUT2D eigenvalue weighted by Gasteiger charge is 2.34. The van der Waals surface area contributed by atoms with E-state index in [0.29, 0.717) is 21.4 Å². The van der Waals surface area contributed by atoms with Gasteiger partial charge in [0, 0.05) is 17.9 Å². The molecule has 0 bridgehead atoms. The maximum absolute atomic E-state index is 11.7. The summed E-state index contributed by atoms with van der Waals surface area (Å²) in [5, 5.41) is 12.1. The number of amides is 1. The zero-order valence-electron chi connectivity index (χ0n) is 10.7. The molecule has 0 aliphatic carbocycles. The molecule has 7 heteroatoms. The lowest BCUT2D eigenvalue weighted by atomic mass is 9.85. The Morgan fingerprint density at radius 1 is 1.45 bits per heavy atom. The molecule has 1 fully saturated rings. The molecule has 1 aliphatic rings.